The molecule has 4 rings (SSSR count). The van der Waals surface area contributed by atoms with Crippen LogP contribution in [0, 0.1) is 11.3 Å². The van der Waals surface area contributed by atoms with E-state index >= 15 is 0 Å². The molecule has 0 radical (unpaired) electrons. The van der Waals surface area contributed by atoms with E-state index in [2.05, 4.69) is 10.3 Å². The Labute approximate surface area is 228 Å². The third-order valence-corrected chi connectivity index (χ3v) is 6.76. The second-order valence-electron chi connectivity index (χ2n) is 9.33. The summed E-state index contributed by atoms with van der Waals surface area (Å²) in [7, 11) is 3.17. The highest BCUT2D eigenvalue weighted by molar-refractivity contribution is 6.06. The molecule has 3 amide bonds. The molecule has 1 N–H and O–H groups in total. The van der Waals surface area contributed by atoms with Crippen LogP contribution in [0.2, 0.25) is 0 Å². The Balaban J connectivity index is 1.83. The summed E-state index contributed by atoms with van der Waals surface area (Å²) in [6.07, 6.45) is -1.47. The van der Waals surface area contributed by atoms with Gasteiger partial charge in [0.15, 0.2) is 5.78 Å². The molecule has 0 spiro atoms. The fraction of sp³-hybridized carbons (Fsp3) is 0.250. The van der Waals surface area contributed by atoms with Crippen molar-refractivity contribution in [2.75, 3.05) is 11.9 Å². The molecular weight excluding hydrogens is 525 g/mol. The van der Waals surface area contributed by atoms with Gasteiger partial charge in [0, 0.05) is 37.1 Å². The van der Waals surface area contributed by atoms with E-state index in [1.807, 2.05) is 6.07 Å². The van der Waals surface area contributed by atoms with E-state index in [4.69, 9.17) is 0 Å². The first kappa shape index (κ1) is 28.1. The normalized spacial score (nSPS) is 15.8. The lowest BCUT2D eigenvalue weighted by Crippen LogP contribution is -2.49. The highest BCUT2D eigenvalue weighted by atomic mass is 19.4. The minimum atomic E-state index is -4.63. The van der Waals surface area contributed by atoms with Crippen LogP contribution in [0.1, 0.15) is 52.6 Å². The maximum atomic E-state index is 13.6. The van der Waals surface area contributed by atoms with Crippen molar-refractivity contribution in [2.45, 2.75) is 32.6 Å². The van der Waals surface area contributed by atoms with Crippen molar-refractivity contribution in [1.29, 1.82) is 5.26 Å². The molecule has 40 heavy (non-hydrogen) atoms. The third kappa shape index (κ3) is 5.18. The second kappa shape index (κ2) is 10.7. The second-order valence-corrected chi connectivity index (χ2v) is 9.33. The molecule has 2 heterocycles. The van der Waals surface area contributed by atoms with Crippen molar-refractivity contribution in [2.24, 2.45) is 7.05 Å². The number of hydrogen-bond acceptors (Lipinski definition) is 5. The predicted molar refractivity (Wildman–Crippen MR) is 139 cm³/mol. The number of amides is 3. The summed E-state index contributed by atoms with van der Waals surface area (Å²) < 4.78 is 41.9. The minimum absolute atomic E-state index is 0.0599. The van der Waals surface area contributed by atoms with Gasteiger partial charge in [-0.15, -0.1) is 0 Å². The van der Waals surface area contributed by atoms with Gasteiger partial charge in [-0.2, -0.15) is 18.4 Å². The maximum Gasteiger partial charge on any atom is 0.416 e. The molecule has 3 aromatic rings. The van der Waals surface area contributed by atoms with Gasteiger partial charge < -0.3 is 14.8 Å². The number of Topliss-reactive ketones (excluding diaryl/α,β-unsaturated/α-hetero) is 1. The number of aryl methyl sites for hydroxylation is 1. The van der Waals surface area contributed by atoms with Crippen LogP contribution in [-0.4, -0.2) is 39.2 Å². The lowest BCUT2D eigenvalue weighted by atomic mass is 9.87. The number of ketones is 1. The molecule has 1 unspecified atom stereocenters. The van der Waals surface area contributed by atoms with Gasteiger partial charge in [0.1, 0.15) is 0 Å². The zero-order valence-electron chi connectivity index (χ0n) is 22.1. The molecule has 1 aromatic heterocycles. The van der Waals surface area contributed by atoms with Crippen LogP contribution in [0.5, 0.6) is 0 Å². The number of likely N-dealkylation sites (N-methyl/N-ethyl adjacent to an activating group) is 1. The largest absolute Gasteiger partial charge is 0.416 e. The lowest BCUT2D eigenvalue weighted by molar-refractivity contribution is -0.137. The minimum Gasteiger partial charge on any atom is -0.346 e. The number of carbonyl (C=O) groups excluding carboxylic acids is 3. The van der Waals surface area contributed by atoms with E-state index in [1.54, 1.807) is 24.1 Å². The van der Waals surface area contributed by atoms with Crippen LogP contribution in [0.15, 0.2) is 66.3 Å². The Hall–Kier alpha value is -4.92. The Morgan fingerprint density at radius 1 is 1.15 bits per heavy atom. The summed E-state index contributed by atoms with van der Waals surface area (Å²) >= 11 is 0. The fourth-order valence-corrected chi connectivity index (χ4v) is 4.74. The lowest BCUT2D eigenvalue weighted by Gasteiger charge is -2.41. The number of nitrogens with one attached hydrogen (secondary N) is 1. The van der Waals surface area contributed by atoms with Gasteiger partial charge in [0.2, 0.25) is 0 Å². The molecule has 1 atom stereocenters. The van der Waals surface area contributed by atoms with Gasteiger partial charge >= 0.3 is 12.2 Å². The van der Waals surface area contributed by atoms with Crippen molar-refractivity contribution in [1.82, 2.24) is 19.8 Å². The van der Waals surface area contributed by atoms with E-state index in [0.717, 1.165) is 17.0 Å². The van der Waals surface area contributed by atoms with Gasteiger partial charge in [0.25, 0.3) is 5.91 Å². The smallest absolute Gasteiger partial charge is 0.346 e. The van der Waals surface area contributed by atoms with E-state index < -0.39 is 35.5 Å². The number of nitrogens with zero attached hydrogens (tertiary/aromatic N) is 5. The highest BCUT2D eigenvalue weighted by Gasteiger charge is 2.41. The Morgan fingerprint density at radius 3 is 2.48 bits per heavy atom. The van der Waals surface area contributed by atoms with Crippen LogP contribution >= 0.6 is 0 Å². The number of urea groups is 1. The number of halogens is 3. The molecule has 9 nitrogen and oxygen atoms in total. The van der Waals surface area contributed by atoms with E-state index in [-0.39, 0.29) is 40.2 Å². The third-order valence-electron chi connectivity index (χ3n) is 6.76. The summed E-state index contributed by atoms with van der Waals surface area (Å²) in [5.74, 6) is -0.987. The number of benzene rings is 2. The molecule has 206 valence electrons. The monoisotopic (exact) mass is 550 g/mol. The van der Waals surface area contributed by atoms with Crippen LogP contribution in [-0.2, 0) is 24.6 Å². The number of imidazole rings is 1. The van der Waals surface area contributed by atoms with Crippen LogP contribution < -0.4 is 10.2 Å². The molecule has 1 aliphatic heterocycles. The number of nitriles is 1. The van der Waals surface area contributed by atoms with Gasteiger partial charge in [-0.1, -0.05) is 12.1 Å². The summed E-state index contributed by atoms with van der Waals surface area (Å²) in [5.41, 5.74) is 0.503. The number of aromatic nitrogens is 2. The first-order chi connectivity index (χ1) is 18.8. The van der Waals surface area contributed by atoms with Crippen molar-refractivity contribution in [3.05, 3.63) is 94.2 Å². The summed E-state index contributed by atoms with van der Waals surface area (Å²) in [5, 5.41) is 12.2. The number of hydrogen-bond donors (Lipinski definition) is 1. The summed E-state index contributed by atoms with van der Waals surface area (Å²) in [6, 6.07) is 8.85. The number of rotatable bonds is 6. The molecule has 0 saturated heterocycles. The molecule has 0 saturated carbocycles. The zero-order valence-corrected chi connectivity index (χ0v) is 22.1. The van der Waals surface area contributed by atoms with Crippen molar-refractivity contribution >= 4 is 23.4 Å². The first-order valence-electron chi connectivity index (χ1n) is 12.1. The number of carbonyl (C=O) groups is 3. The SMILES string of the molecule is CC(=O)C1=C(C)N(c2cccc(C(F)(F)F)c2)C(=O)N(C)C1c1ccc(C#N)cc1C(=O)NCc1cncn1C. The fourth-order valence-electron chi connectivity index (χ4n) is 4.74. The van der Waals surface area contributed by atoms with Crippen LogP contribution in [0.3, 0.4) is 0 Å². The van der Waals surface area contributed by atoms with Gasteiger partial charge in [-0.25, -0.2) is 9.78 Å². The Morgan fingerprint density at radius 2 is 1.88 bits per heavy atom. The van der Waals surface area contributed by atoms with Crippen molar-refractivity contribution < 1.29 is 27.6 Å². The van der Waals surface area contributed by atoms with E-state index in [9.17, 15) is 32.8 Å². The number of allylic oxidation sites excluding steroid dienone is 1. The highest BCUT2D eigenvalue weighted by Crippen LogP contribution is 2.41. The van der Waals surface area contributed by atoms with Crippen molar-refractivity contribution in [3.8, 4) is 6.07 Å². The first-order valence-corrected chi connectivity index (χ1v) is 12.1. The van der Waals surface area contributed by atoms with Crippen molar-refractivity contribution in [3.63, 3.8) is 0 Å². The molecule has 12 heteroatoms. The molecular formula is C28H25F3N6O3. The van der Waals surface area contributed by atoms with Gasteiger partial charge in [-0.3, -0.25) is 14.5 Å². The topological polar surface area (TPSA) is 111 Å². The van der Waals surface area contributed by atoms with Crippen LogP contribution in [0.25, 0.3) is 0 Å². The molecule has 0 fully saturated rings. The molecule has 0 bridgehead atoms. The number of alkyl halides is 3. The predicted octanol–water partition coefficient (Wildman–Crippen LogP) is 4.72. The number of anilines is 1. The van der Waals surface area contributed by atoms with Crippen LogP contribution in [0.4, 0.5) is 23.7 Å². The zero-order chi connectivity index (χ0) is 29.4. The summed E-state index contributed by atoms with van der Waals surface area (Å²) in [4.78, 5) is 46.3. The quantitative estimate of drug-likeness (QED) is 0.478. The average molecular weight is 551 g/mol. The Bertz CT molecular complexity index is 1580. The standard InChI is InChI=1S/C28H25F3N6O3/c1-16-24(17(2)38)25(36(4)27(40)37(16)20-7-5-6-19(11-20)28(29,30)31)22-9-8-18(12-32)10-23(22)26(39)34-14-21-13-33-15-35(21)3/h5-11,13,15,25H,14H2,1-4H3,(H,34,39). The van der Waals surface area contributed by atoms with E-state index in [1.165, 1.54) is 56.1 Å². The maximum absolute atomic E-state index is 13.6. The molecule has 1 aliphatic rings. The molecule has 2 aromatic carbocycles. The van der Waals surface area contributed by atoms with Gasteiger partial charge in [0.05, 0.1) is 47.5 Å². The Kier molecular flexibility index (Phi) is 7.51. The van der Waals surface area contributed by atoms with Gasteiger partial charge in [-0.05, 0) is 49.7 Å². The van der Waals surface area contributed by atoms with E-state index in [0.29, 0.717) is 5.69 Å². The summed E-state index contributed by atoms with van der Waals surface area (Å²) in [6.45, 7) is 2.88. The average Bonchev–Trinajstić information content (AvgIpc) is 3.32. The molecule has 0 aliphatic carbocycles.